The highest BCUT2D eigenvalue weighted by molar-refractivity contribution is 5.75. The minimum Gasteiger partial charge on any atom is -0.462 e. The molecular weight excluding hydrogens is 190 g/mol. The maximum absolute atomic E-state index is 11.5. The lowest BCUT2D eigenvalue weighted by Crippen LogP contribution is -2.42. The first-order valence-electron chi connectivity index (χ1n) is 5.97. The molecule has 2 unspecified atom stereocenters. The van der Waals surface area contributed by atoms with Crippen LogP contribution >= 0.6 is 0 Å². The molecule has 0 aliphatic carbocycles. The molecule has 0 aromatic rings. The predicted molar refractivity (Wildman–Crippen MR) is 62.8 cm³/mol. The molecule has 0 aromatic heterocycles. The Labute approximate surface area is 93.6 Å². The van der Waals surface area contributed by atoms with Gasteiger partial charge in [-0.25, -0.2) is 0 Å². The molecule has 0 spiro atoms. The fraction of sp³-hybridized carbons (Fsp3) is 0.917. The van der Waals surface area contributed by atoms with Gasteiger partial charge in [0.25, 0.3) is 0 Å². The zero-order valence-corrected chi connectivity index (χ0v) is 10.7. The van der Waals surface area contributed by atoms with Crippen LogP contribution in [0.5, 0.6) is 0 Å². The second kappa shape index (κ2) is 7.69. The van der Waals surface area contributed by atoms with E-state index in [0.717, 1.165) is 19.3 Å². The summed E-state index contributed by atoms with van der Waals surface area (Å²) in [6.45, 7) is 9.89. The topological polar surface area (TPSA) is 38.3 Å². The number of rotatable bonds is 7. The van der Waals surface area contributed by atoms with Crippen LogP contribution in [0.1, 0.15) is 53.9 Å². The average molecular weight is 215 g/mol. The average Bonchev–Trinajstić information content (AvgIpc) is 2.15. The van der Waals surface area contributed by atoms with Crippen molar-refractivity contribution in [1.82, 2.24) is 5.32 Å². The molecule has 0 radical (unpaired) electrons. The molecule has 0 bridgehead atoms. The summed E-state index contributed by atoms with van der Waals surface area (Å²) in [5.74, 6) is -0.153. The minimum absolute atomic E-state index is 0.0343. The Morgan fingerprint density at radius 1 is 1.27 bits per heavy atom. The van der Waals surface area contributed by atoms with Crippen LogP contribution in [0.3, 0.4) is 0 Å². The van der Waals surface area contributed by atoms with Gasteiger partial charge in [-0.1, -0.05) is 20.3 Å². The number of hydrogen-bond donors (Lipinski definition) is 1. The summed E-state index contributed by atoms with van der Waals surface area (Å²) in [5.41, 5.74) is 0. The monoisotopic (exact) mass is 215 g/mol. The van der Waals surface area contributed by atoms with Gasteiger partial charge < -0.3 is 10.1 Å². The molecule has 1 N–H and O–H groups in total. The summed E-state index contributed by atoms with van der Waals surface area (Å²) in [4.78, 5) is 11.5. The number of carbonyl (C=O) groups is 1. The van der Waals surface area contributed by atoms with Crippen LogP contribution in [-0.2, 0) is 9.53 Å². The first-order chi connectivity index (χ1) is 7.01. The second-order valence-corrected chi connectivity index (χ2v) is 4.27. The summed E-state index contributed by atoms with van der Waals surface area (Å²) in [5, 5.41) is 3.30. The quantitative estimate of drug-likeness (QED) is 0.663. The molecule has 0 rings (SSSR count). The highest BCUT2D eigenvalue weighted by Gasteiger charge is 2.18. The SMILES string of the molecule is CCCC(CC)NC(C)C(=O)OC(C)C. The molecule has 0 saturated carbocycles. The fourth-order valence-electron chi connectivity index (χ4n) is 1.51. The van der Waals surface area contributed by atoms with E-state index in [9.17, 15) is 4.79 Å². The molecule has 0 amide bonds. The molecule has 0 heterocycles. The maximum Gasteiger partial charge on any atom is 0.323 e. The van der Waals surface area contributed by atoms with E-state index < -0.39 is 0 Å². The Kier molecular flexibility index (Phi) is 7.39. The Balaban J connectivity index is 3.97. The predicted octanol–water partition coefficient (Wildman–Crippen LogP) is 2.49. The van der Waals surface area contributed by atoms with Crippen molar-refractivity contribution in [1.29, 1.82) is 0 Å². The first-order valence-corrected chi connectivity index (χ1v) is 5.97. The first kappa shape index (κ1) is 14.4. The van der Waals surface area contributed by atoms with Gasteiger partial charge in [0.15, 0.2) is 0 Å². The van der Waals surface area contributed by atoms with E-state index in [1.807, 2.05) is 20.8 Å². The van der Waals surface area contributed by atoms with Gasteiger partial charge in [0.05, 0.1) is 6.10 Å². The van der Waals surface area contributed by atoms with Crippen molar-refractivity contribution in [2.24, 2.45) is 0 Å². The number of esters is 1. The Morgan fingerprint density at radius 3 is 2.27 bits per heavy atom. The molecule has 3 nitrogen and oxygen atoms in total. The van der Waals surface area contributed by atoms with Gasteiger partial charge >= 0.3 is 5.97 Å². The van der Waals surface area contributed by atoms with Gasteiger partial charge in [-0.2, -0.15) is 0 Å². The molecule has 2 atom stereocenters. The largest absolute Gasteiger partial charge is 0.462 e. The lowest BCUT2D eigenvalue weighted by atomic mass is 10.1. The standard InChI is InChI=1S/C12H25NO2/c1-6-8-11(7-2)13-10(5)12(14)15-9(3)4/h9-11,13H,6-8H2,1-5H3. The van der Waals surface area contributed by atoms with Crippen molar-refractivity contribution >= 4 is 5.97 Å². The summed E-state index contributed by atoms with van der Waals surface area (Å²) < 4.78 is 5.13. The summed E-state index contributed by atoms with van der Waals surface area (Å²) in [6, 6.07) is 0.216. The van der Waals surface area contributed by atoms with Crippen LogP contribution in [0.2, 0.25) is 0 Å². The minimum atomic E-state index is -0.205. The normalized spacial score (nSPS) is 15.1. The number of hydrogen-bond acceptors (Lipinski definition) is 3. The summed E-state index contributed by atoms with van der Waals surface area (Å²) in [7, 11) is 0. The lowest BCUT2D eigenvalue weighted by molar-refractivity contribution is -0.149. The number of carbonyl (C=O) groups excluding carboxylic acids is 1. The van der Waals surface area contributed by atoms with Crippen LogP contribution in [0.25, 0.3) is 0 Å². The van der Waals surface area contributed by atoms with Crippen LogP contribution in [0.4, 0.5) is 0 Å². The highest BCUT2D eigenvalue weighted by Crippen LogP contribution is 2.03. The molecular formula is C12H25NO2. The van der Waals surface area contributed by atoms with Gasteiger partial charge in [0.1, 0.15) is 6.04 Å². The van der Waals surface area contributed by atoms with Crippen LogP contribution < -0.4 is 5.32 Å². The van der Waals surface area contributed by atoms with E-state index in [0.29, 0.717) is 6.04 Å². The molecule has 0 saturated heterocycles. The van der Waals surface area contributed by atoms with E-state index in [1.165, 1.54) is 0 Å². The van der Waals surface area contributed by atoms with E-state index in [1.54, 1.807) is 0 Å². The highest BCUT2D eigenvalue weighted by atomic mass is 16.5. The Morgan fingerprint density at radius 2 is 1.87 bits per heavy atom. The molecule has 0 fully saturated rings. The van der Waals surface area contributed by atoms with Crippen molar-refractivity contribution < 1.29 is 9.53 Å². The van der Waals surface area contributed by atoms with Crippen LogP contribution in [-0.4, -0.2) is 24.2 Å². The van der Waals surface area contributed by atoms with Gasteiger partial charge in [0.2, 0.25) is 0 Å². The van der Waals surface area contributed by atoms with Crippen LogP contribution in [0, 0.1) is 0 Å². The molecule has 0 aliphatic rings. The molecule has 0 aliphatic heterocycles. The number of ether oxygens (including phenoxy) is 1. The van der Waals surface area contributed by atoms with Gasteiger partial charge in [-0.05, 0) is 33.6 Å². The zero-order chi connectivity index (χ0) is 11.8. The van der Waals surface area contributed by atoms with Crippen LogP contribution in [0.15, 0.2) is 0 Å². The third-order valence-electron chi connectivity index (χ3n) is 2.32. The Hall–Kier alpha value is -0.570. The van der Waals surface area contributed by atoms with Crippen molar-refractivity contribution in [2.75, 3.05) is 0 Å². The molecule has 15 heavy (non-hydrogen) atoms. The number of nitrogens with one attached hydrogen (secondary N) is 1. The lowest BCUT2D eigenvalue weighted by Gasteiger charge is -2.21. The maximum atomic E-state index is 11.5. The molecule has 90 valence electrons. The third-order valence-corrected chi connectivity index (χ3v) is 2.32. The van der Waals surface area contributed by atoms with Crippen molar-refractivity contribution in [3.05, 3.63) is 0 Å². The van der Waals surface area contributed by atoms with Crippen molar-refractivity contribution in [3.63, 3.8) is 0 Å². The third kappa shape index (κ3) is 6.50. The molecule has 0 aromatic carbocycles. The van der Waals surface area contributed by atoms with Crippen molar-refractivity contribution in [2.45, 2.75) is 72.1 Å². The zero-order valence-electron chi connectivity index (χ0n) is 10.7. The van der Waals surface area contributed by atoms with Gasteiger partial charge in [-0.3, -0.25) is 4.79 Å². The second-order valence-electron chi connectivity index (χ2n) is 4.27. The summed E-state index contributed by atoms with van der Waals surface area (Å²) in [6.07, 6.45) is 3.26. The van der Waals surface area contributed by atoms with E-state index in [-0.39, 0.29) is 18.1 Å². The fourth-order valence-corrected chi connectivity index (χ4v) is 1.51. The summed E-state index contributed by atoms with van der Waals surface area (Å²) >= 11 is 0. The van der Waals surface area contributed by atoms with Gasteiger partial charge in [0, 0.05) is 6.04 Å². The smallest absolute Gasteiger partial charge is 0.323 e. The molecule has 3 heteroatoms. The van der Waals surface area contributed by atoms with Crippen molar-refractivity contribution in [3.8, 4) is 0 Å². The van der Waals surface area contributed by atoms with Gasteiger partial charge in [-0.15, -0.1) is 0 Å². The Bertz CT molecular complexity index is 180. The van der Waals surface area contributed by atoms with E-state index >= 15 is 0 Å². The van der Waals surface area contributed by atoms with E-state index in [2.05, 4.69) is 19.2 Å². The van der Waals surface area contributed by atoms with E-state index in [4.69, 9.17) is 4.74 Å².